The van der Waals surface area contributed by atoms with Crippen molar-refractivity contribution in [2.75, 3.05) is 0 Å². The van der Waals surface area contributed by atoms with E-state index in [9.17, 15) is 19.8 Å². The van der Waals surface area contributed by atoms with Crippen molar-refractivity contribution in [2.45, 2.75) is 25.6 Å². The van der Waals surface area contributed by atoms with Crippen molar-refractivity contribution >= 4 is 23.7 Å². The van der Waals surface area contributed by atoms with Crippen molar-refractivity contribution in [2.24, 2.45) is 10.2 Å². The Morgan fingerprint density at radius 3 is 1.93 bits per heavy atom. The number of hydrogen-bond acceptors (Lipinski definition) is 6. The molecule has 2 atom stereocenters. The number of carbonyl (C=O) groups excluding carboxylic acids is 2. The number of carbonyl (C=O) groups is 2. The lowest BCUT2D eigenvalue weighted by molar-refractivity contribution is 0.0366. The van der Waals surface area contributed by atoms with Crippen molar-refractivity contribution in [3.63, 3.8) is 0 Å². The van der Waals surface area contributed by atoms with Crippen LogP contribution in [0.3, 0.4) is 0 Å². The Labute approximate surface area is 162 Å². The summed E-state index contributed by atoms with van der Waals surface area (Å²) in [4.78, 5) is 24.1. The van der Waals surface area contributed by atoms with Crippen molar-refractivity contribution < 1.29 is 19.8 Å². The zero-order chi connectivity index (χ0) is 20.4. The van der Waals surface area contributed by atoms with Crippen molar-refractivity contribution in [1.29, 1.82) is 0 Å². The van der Waals surface area contributed by atoms with Gasteiger partial charge < -0.3 is 10.2 Å². The van der Waals surface area contributed by atoms with Gasteiger partial charge in [0, 0.05) is 17.5 Å². The summed E-state index contributed by atoms with van der Waals surface area (Å²) in [7, 11) is 0. The number of nitrogens with zero attached hydrogens (tertiary/aromatic N) is 2. The molecule has 0 fully saturated rings. The summed E-state index contributed by atoms with van der Waals surface area (Å²) in [5, 5.41) is 27.1. The van der Waals surface area contributed by atoms with Gasteiger partial charge in [-0.25, -0.2) is 10.9 Å². The third-order valence-corrected chi connectivity index (χ3v) is 3.73. The SMILES string of the molecule is C[C@H](O)[C@H](O)CC(/C=N/NC(=O)c1ccccc1)=N\NC(=O)c1ccccc1. The summed E-state index contributed by atoms with van der Waals surface area (Å²) in [5.41, 5.74) is 5.72. The molecule has 0 bridgehead atoms. The number of aliphatic hydroxyl groups excluding tert-OH is 2. The van der Waals surface area contributed by atoms with Crippen molar-refractivity contribution in [3.05, 3.63) is 71.8 Å². The Bertz CT molecular complexity index is 836. The highest BCUT2D eigenvalue weighted by Crippen LogP contribution is 2.02. The second-order valence-electron chi connectivity index (χ2n) is 5.99. The summed E-state index contributed by atoms with van der Waals surface area (Å²) < 4.78 is 0. The fourth-order valence-corrected chi connectivity index (χ4v) is 2.11. The Kier molecular flexibility index (Phi) is 8.01. The van der Waals surface area contributed by atoms with Crippen LogP contribution in [-0.2, 0) is 0 Å². The lowest BCUT2D eigenvalue weighted by atomic mass is 10.1. The van der Waals surface area contributed by atoms with Crippen LogP contribution in [0.4, 0.5) is 0 Å². The van der Waals surface area contributed by atoms with Crippen LogP contribution in [0.1, 0.15) is 34.1 Å². The lowest BCUT2D eigenvalue weighted by Crippen LogP contribution is -2.29. The first kappa shape index (κ1) is 20.9. The summed E-state index contributed by atoms with van der Waals surface area (Å²) in [6.07, 6.45) is -0.971. The molecule has 8 nitrogen and oxygen atoms in total. The van der Waals surface area contributed by atoms with Crippen LogP contribution in [0.5, 0.6) is 0 Å². The molecule has 2 rings (SSSR count). The van der Waals surface area contributed by atoms with Crippen LogP contribution in [0.2, 0.25) is 0 Å². The minimum Gasteiger partial charge on any atom is -0.391 e. The van der Waals surface area contributed by atoms with Gasteiger partial charge in [-0.2, -0.15) is 10.2 Å². The standard InChI is InChI=1S/C20H22N4O4/c1-14(25)18(26)12-17(22-24-20(28)16-10-6-3-7-11-16)13-21-23-19(27)15-8-4-2-5-9-15/h2-11,13-14,18,25-26H,12H2,1H3,(H,23,27)(H,24,28)/b21-13+,22-17+/t14-,18+/m0/s1. The quantitative estimate of drug-likeness (QED) is 0.406. The van der Waals surface area contributed by atoms with E-state index in [1.165, 1.54) is 13.1 Å². The molecule has 0 aliphatic heterocycles. The van der Waals surface area contributed by atoms with E-state index in [-0.39, 0.29) is 12.1 Å². The number of nitrogens with one attached hydrogen (secondary N) is 2. The number of hydrazone groups is 2. The molecular formula is C20H22N4O4. The van der Waals surface area contributed by atoms with Gasteiger partial charge in [-0.1, -0.05) is 36.4 Å². The van der Waals surface area contributed by atoms with E-state index in [1.807, 2.05) is 0 Å². The molecular weight excluding hydrogens is 360 g/mol. The molecule has 146 valence electrons. The highest BCUT2D eigenvalue weighted by molar-refractivity contribution is 6.31. The van der Waals surface area contributed by atoms with E-state index in [0.29, 0.717) is 11.1 Å². The van der Waals surface area contributed by atoms with E-state index >= 15 is 0 Å². The van der Waals surface area contributed by atoms with Gasteiger partial charge in [0.15, 0.2) is 0 Å². The molecule has 0 unspecified atom stereocenters. The second kappa shape index (κ2) is 10.7. The number of rotatable bonds is 8. The molecule has 0 aliphatic carbocycles. The van der Waals surface area contributed by atoms with Crippen LogP contribution in [0.15, 0.2) is 70.9 Å². The predicted octanol–water partition coefficient (Wildman–Crippen LogP) is 1.32. The van der Waals surface area contributed by atoms with E-state index < -0.39 is 24.0 Å². The molecule has 0 spiro atoms. The number of aliphatic hydroxyl groups is 2. The number of hydrogen-bond donors (Lipinski definition) is 4. The predicted molar refractivity (Wildman–Crippen MR) is 106 cm³/mol. The molecule has 0 aliphatic rings. The summed E-state index contributed by atoms with van der Waals surface area (Å²) in [5.74, 6) is -0.855. The van der Waals surface area contributed by atoms with Crippen LogP contribution in [0.25, 0.3) is 0 Å². The summed E-state index contributed by atoms with van der Waals surface area (Å²) in [6, 6.07) is 17.0. The molecule has 2 aromatic carbocycles. The van der Waals surface area contributed by atoms with Crippen LogP contribution in [-0.4, -0.2) is 46.2 Å². The van der Waals surface area contributed by atoms with E-state index in [2.05, 4.69) is 21.1 Å². The minimum atomic E-state index is -1.11. The maximum absolute atomic E-state index is 12.1. The van der Waals surface area contributed by atoms with Crippen LogP contribution >= 0.6 is 0 Å². The maximum atomic E-state index is 12.1. The highest BCUT2D eigenvalue weighted by Gasteiger charge is 2.14. The van der Waals surface area contributed by atoms with E-state index in [1.54, 1.807) is 60.7 Å². The van der Waals surface area contributed by atoms with Crippen LogP contribution < -0.4 is 10.9 Å². The minimum absolute atomic E-state index is 0.0720. The third-order valence-electron chi connectivity index (χ3n) is 3.73. The molecule has 0 heterocycles. The van der Waals surface area contributed by atoms with Gasteiger partial charge >= 0.3 is 0 Å². The zero-order valence-electron chi connectivity index (χ0n) is 15.3. The molecule has 0 saturated carbocycles. The van der Waals surface area contributed by atoms with Gasteiger partial charge in [0.25, 0.3) is 11.8 Å². The average Bonchev–Trinajstić information content (AvgIpc) is 2.72. The smallest absolute Gasteiger partial charge is 0.271 e. The first-order valence-corrected chi connectivity index (χ1v) is 8.64. The molecule has 2 aromatic rings. The molecule has 0 aromatic heterocycles. The van der Waals surface area contributed by atoms with Gasteiger partial charge in [-0.3, -0.25) is 9.59 Å². The maximum Gasteiger partial charge on any atom is 0.271 e. The first-order chi connectivity index (χ1) is 13.5. The Hall–Kier alpha value is -3.36. The normalized spacial score (nSPS) is 13.8. The highest BCUT2D eigenvalue weighted by atomic mass is 16.3. The van der Waals surface area contributed by atoms with Gasteiger partial charge in [0.1, 0.15) is 0 Å². The van der Waals surface area contributed by atoms with Gasteiger partial charge in [0.2, 0.25) is 0 Å². The fourth-order valence-electron chi connectivity index (χ4n) is 2.11. The Balaban J connectivity index is 2.05. The van der Waals surface area contributed by atoms with Gasteiger partial charge in [-0.05, 0) is 31.2 Å². The molecule has 2 amide bonds. The average molecular weight is 382 g/mol. The molecule has 0 radical (unpaired) electrons. The van der Waals surface area contributed by atoms with Gasteiger partial charge in [-0.15, -0.1) is 0 Å². The van der Waals surface area contributed by atoms with Crippen molar-refractivity contribution in [1.82, 2.24) is 10.9 Å². The van der Waals surface area contributed by atoms with Crippen LogP contribution in [0, 0.1) is 0 Å². The monoisotopic (exact) mass is 382 g/mol. The number of benzene rings is 2. The van der Waals surface area contributed by atoms with Gasteiger partial charge in [0.05, 0.1) is 24.1 Å². The number of amides is 2. The second-order valence-corrected chi connectivity index (χ2v) is 5.99. The molecule has 8 heteroatoms. The lowest BCUT2D eigenvalue weighted by Gasteiger charge is -2.13. The Morgan fingerprint density at radius 1 is 0.929 bits per heavy atom. The Morgan fingerprint density at radius 2 is 1.43 bits per heavy atom. The fraction of sp³-hybridized carbons (Fsp3) is 0.200. The summed E-state index contributed by atoms with van der Waals surface area (Å²) >= 11 is 0. The molecule has 28 heavy (non-hydrogen) atoms. The molecule has 4 N–H and O–H groups in total. The third kappa shape index (κ3) is 6.75. The first-order valence-electron chi connectivity index (χ1n) is 8.64. The van der Waals surface area contributed by atoms with E-state index in [0.717, 1.165) is 0 Å². The largest absolute Gasteiger partial charge is 0.391 e. The zero-order valence-corrected chi connectivity index (χ0v) is 15.3. The molecule has 0 saturated heterocycles. The van der Waals surface area contributed by atoms with Crippen molar-refractivity contribution in [3.8, 4) is 0 Å². The summed E-state index contributed by atoms with van der Waals surface area (Å²) in [6.45, 7) is 1.43. The van der Waals surface area contributed by atoms with E-state index in [4.69, 9.17) is 0 Å². The topological polar surface area (TPSA) is 123 Å².